The topological polar surface area (TPSA) is 89.7 Å². The number of ether oxygens (including phenoxy) is 2. The van der Waals surface area contributed by atoms with E-state index in [0.29, 0.717) is 25.4 Å². The van der Waals surface area contributed by atoms with Crippen LogP contribution in [0.15, 0.2) is 72.9 Å². The third-order valence-corrected chi connectivity index (χ3v) is 5.94. The van der Waals surface area contributed by atoms with Gasteiger partial charge in [0.05, 0.1) is 18.8 Å². The van der Waals surface area contributed by atoms with Crippen LogP contribution in [0.2, 0.25) is 0 Å². The number of aliphatic hydroxyl groups is 1. The fourth-order valence-corrected chi connectivity index (χ4v) is 4.10. The molecular weight excluding hydrogens is 432 g/mol. The minimum Gasteiger partial charge on any atom is -0.447 e. The highest BCUT2D eigenvalue weighted by Gasteiger charge is 2.24. The summed E-state index contributed by atoms with van der Waals surface area (Å²) in [6.45, 7) is 3.77. The average Bonchev–Trinajstić information content (AvgIpc) is 3.52. The van der Waals surface area contributed by atoms with Crippen LogP contribution < -0.4 is 4.90 Å². The van der Waals surface area contributed by atoms with Gasteiger partial charge in [-0.1, -0.05) is 66.8 Å². The highest BCUT2D eigenvalue weighted by Crippen LogP contribution is 2.29. The van der Waals surface area contributed by atoms with Crippen molar-refractivity contribution in [3.8, 4) is 0 Å². The zero-order chi connectivity index (χ0) is 23.9. The highest BCUT2D eigenvalue weighted by molar-refractivity contribution is 5.89. The largest absolute Gasteiger partial charge is 0.447 e. The van der Waals surface area contributed by atoms with Crippen LogP contribution in [0.4, 0.5) is 10.5 Å². The Balaban J connectivity index is 1.30. The number of allylic oxidation sites excluding steroid dienone is 1. The lowest BCUT2D eigenvalue weighted by atomic mass is 9.96. The Labute approximate surface area is 199 Å². The number of aliphatic hydroxyl groups excluding tert-OH is 1. The van der Waals surface area contributed by atoms with Crippen LogP contribution in [0.1, 0.15) is 42.4 Å². The lowest BCUT2D eigenvalue weighted by molar-refractivity contribution is 0.0741. The molecule has 1 N–H and O–H groups in total. The van der Waals surface area contributed by atoms with E-state index in [1.54, 1.807) is 22.9 Å². The van der Waals surface area contributed by atoms with Crippen molar-refractivity contribution in [3.05, 3.63) is 89.8 Å². The SMILES string of the molecule is CO[C@@H](c1ccc(N2CCOC2=O)cc1)[C@@H](C)/C=C/CCn1cc([C@H](O)c2ccccc2)nn1. The molecule has 1 aliphatic rings. The Morgan fingerprint density at radius 1 is 1.15 bits per heavy atom. The second-order valence-corrected chi connectivity index (χ2v) is 8.31. The summed E-state index contributed by atoms with van der Waals surface area (Å²) in [7, 11) is 1.70. The molecule has 0 radical (unpaired) electrons. The Morgan fingerprint density at radius 3 is 2.59 bits per heavy atom. The molecule has 0 bridgehead atoms. The van der Waals surface area contributed by atoms with Crippen LogP contribution in [0, 0.1) is 5.92 Å². The van der Waals surface area contributed by atoms with Crippen LogP contribution in [-0.2, 0) is 16.0 Å². The van der Waals surface area contributed by atoms with Crippen molar-refractivity contribution in [2.45, 2.75) is 32.1 Å². The Hall–Kier alpha value is -3.49. The summed E-state index contributed by atoms with van der Waals surface area (Å²) in [5.41, 5.74) is 3.21. The van der Waals surface area contributed by atoms with Gasteiger partial charge in [-0.2, -0.15) is 0 Å². The van der Waals surface area contributed by atoms with Crippen molar-refractivity contribution in [1.29, 1.82) is 0 Å². The number of rotatable bonds is 10. The summed E-state index contributed by atoms with van der Waals surface area (Å²) in [6.07, 6.45) is 5.62. The molecule has 1 fully saturated rings. The van der Waals surface area contributed by atoms with E-state index in [-0.39, 0.29) is 18.1 Å². The van der Waals surface area contributed by atoms with Crippen LogP contribution in [0.5, 0.6) is 0 Å². The molecule has 8 heteroatoms. The quantitative estimate of drug-likeness (QED) is 0.452. The van der Waals surface area contributed by atoms with Gasteiger partial charge in [0.2, 0.25) is 0 Å². The number of carbonyl (C=O) groups excluding carboxylic acids is 1. The third-order valence-electron chi connectivity index (χ3n) is 5.94. The van der Waals surface area contributed by atoms with Crippen molar-refractivity contribution in [1.82, 2.24) is 15.0 Å². The molecule has 0 saturated carbocycles. The molecule has 2 aromatic carbocycles. The van der Waals surface area contributed by atoms with Crippen LogP contribution in [0.25, 0.3) is 0 Å². The van der Waals surface area contributed by atoms with E-state index in [2.05, 4.69) is 29.4 Å². The molecular formula is C26H30N4O4. The van der Waals surface area contributed by atoms with Gasteiger partial charge in [0.25, 0.3) is 0 Å². The van der Waals surface area contributed by atoms with Crippen molar-refractivity contribution in [2.24, 2.45) is 5.92 Å². The van der Waals surface area contributed by atoms with E-state index >= 15 is 0 Å². The van der Waals surface area contributed by atoms with Gasteiger partial charge >= 0.3 is 6.09 Å². The molecule has 3 aromatic rings. The van der Waals surface area contributed by atoms with E-state index in [1.807, 2.05) is 54.6 Å². The molecule has 1 aromatic heterocycles. The number of cyclic esters (lactones) is 1. The number of aromatic nitrogens is 3. The number of benzene rings is 2. The maximum atomic E-state index is 11.8. The van der Waals surface area contributed by atoms with Crippen LogP contribution in [0.3, 0.4) is 0 Å². The third kappa shape index (κ3) is 5.52. The molecule has 1 amide bonds. The molecule has 34 heavy (non-hydrogen) atoms. The summed E-state index contributed by atoms with van der Waals surface area (Å²) in [5.74, 6) is 0.152. The summed E-state index contributed by atoms with van der Waals surface area (Å²) >= 11 is 0. The van der Waals surface area contributed by atoms with Crippen LogP contribution >= 0.6 is 0 Å². The minimum absolute atomic E-state index is 0.102. The van der Waals surface area contributed by atoms with Crippen molar-refractivity contribution in [3.63, 3.8) is 0 Å². The summed E-state index contributed by atoms with van der Waals surface area (Å²) in [5, 5.41) is 18.7. The van der Waals surface area contributed by atoms with Crippen molar-refractivity contribution < 1.29 is 19.4 Å². The predicted octanol–water partition coefficient (Wildman–Crippen LogP) is 4.29. The number of carbonyl (C=O) groups is 1. The number of amides is 1. The molecule has 8 nitrogen and oxygen atoms in total. The zero-order valence-electron chi connectivity index (χ0n) is 19.4. The first-order chi connectivity index (χ1) is 16.6. The first-order valence-electron chi connectivity index (χ1n) is 11.4. The minimum atomic E-state index is -0.782. The molecule has 0 spiro atoms. The van der Waals surface area contributed by atoms with Crippen molar-refractivity contribution >= 4 is 11.8 Å². The first kappa shape index (κ1) is 23.7. The highest BCUT2D eigenvalue weighted by atomic mass is 16.6. The molecule has 2 heterocycles. The molecule has 178 valence electrons. The van der Waals surface area contributed by atoms with Gasteiger partial charge < -0.3 is 14.6 Å². The fraction of sp³-hybridized carbons (Fsp3) is 0.346. The predicted molar refractivity (Wildman–Crippen MR) is 128 cm³/mol. The van der Waals surface area contributed by atoms with Gasteiger partial charge in [-0.05, 0) is 29.7 Å². The smallest absolute Gasteiger partial charge is 0.414 e. The molecule has 1 aliphatic heterocycles. The van der Waals surface area contributed by atoms with Gasteiger partial charge in [0.1, 0.15) is 18.4 Å². The second kappa shape index (κ2) is 11.1. The monoisotopic (exact) mass is 462 g/mol. The number of nitrogens with zero attached hydrogens (tertiary/aromatic N) is 4. The first-order valence-corrected chi connectivity index (χ1v) is 11.4. The van der Waals surface area contributed by atoms with E-state index in [0.717, 1.165) is 23.2 Å². The number of aryl methyl sites for hydroxylation is 1. The normalized spacial score (nSPS) is 16.6. The van der Waals surface area contributed by atoms with E-state index in [4.69, 9.17) is 9.47 Å². The summed E-state index contributed by atoms with van der Waals surface area (Å²) < 4.78 is 12.5. The molecule has 1 saturated heterocycles. The molecule has 3 atom stereocenters. The lowest BCUT2D eigenvalue weighted by Crippen LogP contribution is -2.23. The van der Waals surface area contributed by atoms with Gasteiger partial charge in [-0.3, -0.25) is 9.58 Å². The fourth-order valence-electron chi connectivity index (χ4n) is 4.10. The van der Waals surface area contributed by atoms with Gasteiger partial charge in [-0.15, -0.1) is 5.10 Å². The van der Waals surface area contributed by atoms with Gasteiger partial charge in [0.15, 0.2) is 0 Å². The Kier molecular flexibility index (Phi) is 7.72. The van der Waals surface area contributed by atoms with Gasteiger partial charge in [0, 0.05) is 25.3 Å². The standard InChI is InChI=1S/C26H30N4O4/c1-19(25(33-2)21-11-13-22(14-12-21)30-16-17-34-26(30)32)8-6-7-15-29-18-23(27-28-29)24(31)20-9-4-3-5-10-20/h3-6,8-14,18-19,24-25,31H,7,15-17H2,1-2H3/b8-6+/t19-,24+,25+/m0/s1. The number of hydrogen-bond acceptors (Lipinski definition) is 6. The maximum Gasteiger partial charge on any atom is 0.414 e. The molecule has 0 unspecified atom stereocenters. The second-order valence-electron chi connectivity index (χ2n) is 8.31. The number of methoxy groups -OCH3 is 1. The lowest BCUT2D eigenvalue weighted by Gasteiger charge is -2.21. The Bertz CT molecular complexity index is 1100. The molecule has 4 rings (SSSR count). The average molecular weight is 463 g/mol. The van der Waals surface area contributed by atoms with E-state index < -0.39 is 6.10 Å². The number of anilines is 1. The van der Waals surface area contributed by atoms with E-state index in [1.165, 1.54) is 0 Å². The molecule has 0 aliphatic carbocycles. The number of hydrogen-bond donors (Lipinski definition) is 1. The summed E-state index contributed by atoms with van der Waals surface area (Å²) in [6, 6.07) is 17.3. The van der Waals surface area contributed by atoms with Crippen LogP contribution in [-0.4, -0.2) is 46.5 Å². The van der Waals surface area contributed by atoms with Gasteiger partial charge in [-0.25, -0.2) is 4.79 Å². The van der Waals surface area contributed by atoms with Crippen molar-refractivity contribution in [2.75, 3.05) is 25.2 Å². The summed E-state index contributed by atoms with van der Waals surface area (Å²) in [4.78, 5) is 13.4. The van der Waals surface area contributed by atoms with E-state index in [9.17, 15) is 9.90 Å². The Morgan fingerprint density at radius 2 is 1.91 bits per heavy atom. The zero-order valence-corrected chi connectivity index (χ0v) is 19.4. The maximum absolute atomic E-state index is 11.8.